The molecule has 4 nitrogen and oxygen atoms in total. The quantitative estimate of drug-likeness (QED) is 0.776. The number of amides is 1. The minimum absolute atomic E-state index is 0.113. The van der Waals surface area contributed by atoms with Gasteiger partial charge in [0, 0.05) is 11.2 Å². The fourth-order valence-corrected chi connectivity index (χ4v) is 2.71. The van der Waals surface area contributed by atoms with Gasteiger partial charge in [-0.05, 0) is 17.5 Å². The van der Waals surface area contributed by atoms with Crippen LogP contribution in [0.4, 0.5) is 5.13 Å². The van der Waals surface area contributed by atoms with Gasteiger partial charge in [-0.3, -0.25) is 4.79 Å². The number of halogens is 1. The second kappa shape index (κ2) is 5.03. The van der Waals surface area contributed by atoms with Gasteiger partial charge >= 0.3 is 0 Å². The molecule has 96 valence electrons. The lowest BCUT2D eigenvalue weighted by atomic mass is 10.2. The molecule has 0 unspecified atom stereocenters. The highest BCUT2D eigenvalue weighted by Gasteiger charge is 2.09. The molecule has 0 atom stereocenters. The summed E-state index contributed by atoms with van der Waals surface area (Å²) in [5, 5.41) is 4.34. The van der Waals surface area contributed by atoms with E-state index in [1.807, 2.05) is 30.3 Å². The van der Waals surface area contributed by atoms with E-state index in [4.69, 9.17) is 11.6 Å². The zero-order valence-corrected chi connectivity index (χ0v) is 11.4. The number of fused-ring (bicyclic) bond motifs is 1. The molecular formula is C13H10ClN3OS. The van der Waals surface area contributed by atoms with Gasteiger partial charge in [0.1, 0.15) is 4.34 Å². The maximum Gasteiger partial charge on any atom is 0.232 e. The first kappa shape index (κ1) is 12.2. The van der Waals surface area contributed by atoms with Gasteiger partial charge in [-0.15, -0.1) is 0 Å². The number of para-hydroxylation sites is 1. The Hall–Kier alpha value is -1.85. The maximum absolute atomic E-state index is 11.9. The maximum atomic E-state index is 11.9. The van der Waals surface area contributed by atoms with Gasteiger partial charge in [0.05, 0.1) is 12.6 Å². The number of H-pyrrole nitrogens is 1. The Morgan fingerprint density at radius 3 is 3.00 bits per heavy atom. The van der Waals surface area contributed by atoms with Crippen LogP contribution in [0, 0.1) is 0 Å². The van der Waals surface area contributed by atoms with Gasteiger partial charge in [0.25, 0.3) is 0 Å². The Balaban J connectivity index is 1.72. The van der Waals surface area contributed by atoms with Crippen molar-refractivity contribution in [1.82, 2.24) is 9.97 Å². The van der Waals surface area contributed by atoms with Crippen molar-refractivity contribution in [1.29, 1.82) is 0 Å². The summed E-state index contributed by atoms with van der Waals surface area (Å²) in [6, 6.07) is 9.90. The molecule has 0 radical (unpaired) electrons. The zero-order valence-electron chi connectivity index (χ0n) is 9.81. The van der Waals surface area contributed by atoms with Crippen molar-refractivity contribution < 1.29 is 4.79 Å². The fourth-order valence-electron chi connectivity index (χ4n) is 1.88. The van der Waals surface area contributed by atoms with Crippen molar-refractivity contribution in [3.05, 3.63) is 46.6 Å². The number of thiazole rings is 1. The summed E-state index contributed by atoms with van der Waals surface area (Å²) in [7, 11) is 0. The SMILES string of the molecule is O=C(Cc1cc2ccccc2[nH]1)Nc1ncc(Cl)s1. The minimum atomic E-state index is -0.113. The van der Waals surface area contributed by atoms with Gasteiger partial charge in [0.2, 0.25) is 5.91 Å². The Morgan fingerprint density at radius 1 is 1.42 bits per heavy atom. The van der Waals surface area contributed by atoms with Crippen molar-refractivity contribution in [2.75, 3.05) is 5.32 Å². The van der Waals surface area contributed by atoms with E-state index in [0.29, 0.717) is 9.47 Å². The van der Waals surface area contributed by atoms with E-state index >= 15 is 0 Å². The lowest BCUT2D eigenvalue weighted by molar-refractivity contribution is -0.115. The third-order valence-electron chi connectivity index (χ3n) is 2.66. The number of hydrogen-bond donors (Lipinski definition) is 2. The average molecular weight is 292 g/mol. The van der Waals surface area contributed by atoms with E-state index in [0.717, 1.165) is 16.6 Å². The molecule has 6 heteroatoms. The molecule has 2 aromatic heterocycles. The van der Waals surface area contributed by atoms with Gasteiger partial charge < -0.3 is 10.3 Å². The van der Waals surface area contributed by atoms with Crippen LogP contribution < -0.4 is 5.32 Å². The number of carbonyl (C=O) groups excluding carboxylic acids is 1. The van der Waals surface area contributed by atoms with Gasteiger partial charge in [-0.25, -0.2) is 4.98 Å². The first-order valence-electron chi connectivity index (χ1n) is 5.68. The molecule has 2 N–H and O–H groups in total. The smallest absolute Gasteiger partial charge is 0.232 e. The Labute approximate surface area is 118 Å². The highest BCUT2D eigenvalue weighted by atomic mass is 35.5. The summed E-state index contributed by atoms with van der Waals surface area (Å²) in [4.78, 5) is 19.1. The molecule has 0 saturated carbocycles. The highest BCUT2D eigenvalue weighted by Crippen LogP contribution is 2.22. The van der Waals surface area contributed by atoms with E-state index in [1.54, 1.807) is 0 Å². The molecule has 3 rings (SSSR count). The average Bonchev–Trinajstić information content (AvgIpc) is 2.94. The van der Waals surface area contributed by atoms with Gasteiger partial charge in [-0.2, -0.15) is 0 Å². The third-order valence-corrected chi connectivity index (χ3v) is 3.69. The van der Waals surface area contributed by atoms with E-state index in [9.17, 15) is 4.79 Å². The van der Waals surface area contributed by atoms with E-state index in [-0.39, 0.29) is 12.3 Å². The number of benzene rings is 1. The summed E-state index contributed by atoms with van der Waals surface area (Å²) in [5.74, 6) is -0.113. The number of aromatic nitrogens is 2. The van der Waals surface area contributed by atoms with Crippen LogP contribution in [0.2, 0.25) is 4.34 Å². The third kappa shape index (κ3) is 2.77. The summed E-state index contributed by atoms with van der Waals surface area (Å²) in [6.07, 6.45) is 1.80. The van der Waals surface area contributed by atoms with Gasteiger partial charge in [0.15, 0.2) is 5.13 Å². The first-order valence-corrected chi connectivity index (χ1v) is 6.88. The number of nitrogens with one attached hydrogen (secondary N) is 2. The van der Waals surface area contributed by atoms with Crippen LogP contribution in [0.3, 0.4) is 0 Å². The van der Waals surface area contributed by atoms with Crippen molar-refractivity contribution in [3.63, 3.8) is 0 Å². The van der Waals surface area contributed by atoms with Crippen LogP contribution in [0.25, 0.3) is 10.9 Å². The molecule has 0 aliphatic carbocycles. The molecule has 1 aromatic carbocycles. The van der Waals surface area contributed by atoms with Crippen LogP contribution in [-0.4, -0.2) is 15.9 Å². The summed E-state index contributed by atoms with van der Waals surface area (Å²) in [6.45, 7) is 0. The molecule has 3 aromatic rings. The van der Waals surface area contributed by atoms with Crippen molar-refractivity contribution >= 4 is 44.9 Å². The molecule has 0 saturated heterocycles. The normalized spacial score (nSPS) is 10.8. The number of carbonyl (C=O) groups is 1. The van der Waals surface area contributed by atoms with Crippen molar-refractivity contribution in [3.8, 4) is 0 Å². The summed E-state index contributed by atoms with van der Waals surface area (Å²) < 4.78 is 0.556. The van der Waals surface area contributed by atoms with Crippen LogP contribution in [0.5, 0.6) is 0 Å². The Kier molecular flexibility index (Phi) is 3.23. The molecule has 0 bridgehead atoms. The number of aromatic amines is 1. The zero-order chi connectivity index (χ0) is 13.2. The van der Waals surface area contributed by atoms with E-state index in [2.05, 4.69) is 15.3 Å². The lowest BCUT2D eigenvalue weighted by Gasteiger charge is -1.99. The first-order chi connectivity index (χ1) is 9.20. The topological polar surface area (TPSA) is 57.8 Å². The molecule has 19 heavy (non-hydrogen) atoms. The largest absolute Gasteiger partial charge is 0.358 e. The fraction of sp³-hybridized carbons (Fsp3) is 0.0769. The second-order valence-corrected chi connectivity index (χ2v) is 5.74. The molecule has 1 amide bonds. The molecule has 2 heterocycles. The Morgan fingerprint density at radius 2 is 2.26 bits per heavy atom. The van der Waals surface area contributed by atoms with Crippen molar-refractivity contribution in [2.24, 2.45) is 0 Å². The molecule has 0 fully saturated rings. The second-order valence-electron chi connectivity index (χ2n) is 4.08. The Bertz CT molecular complexity index is 701. The number of nitrogens with zero attached hydrogens (tertiary/aromatic N) is 1. The number of anilines is 1. The van der Waals surface area contributed by atoms with Crippen LogP contribution >= 0.6 is 22.9 Å². The number of rotatable bonds is 3. The predicted molar refractivity (Wildman–Crippen MR) is 77.8 cm³/mol. The number of hydrogen-bond acceptors (Lipinski definition) is 3. The molecule has 0 aliphatic rings. The molecular weight excluding hydrogens is 282 g/mol. The highest BCUT2D eigenvalue weighted by molar-refractivity contribution is 7.19. The standard InChI is InChI=1S/C13H10ClN3OS/c14-11-7-15-13(19-11)17-12(18)6-9-5-8-3-1-2-4-10(8)16-9/h1-5,7,16H,6H2,(H,15,17,18). The van der Waals surface area contributed by atoms with Crippen LogP contribution in [0.1, 0.15) is 5.69 Å². The molecule has 0 aliphatic heterocycles. The van der Waals surface area contributed by atoms with Gasteiger partial charge in [-0.1, -0.05) is 41.1 Å². The van der Waals surface area contributed by atoms with Crippen LogP contribution in [-0.2, 0) is 11.2 Å². The monoisotopic (exact) mass is 291 g/mol. The lowest BCUT2D eigenvalue weighted by Crippen LogP contribution is -2.14. The predicted octanol–water partition coefficient (Wildman–Crippen LogP) is 3.46. The van der Waals surface area contributed by atoms with E-state index in [1.165, 1.54) is 17.5 Å². The van der Waals surface area contributed by atoms with Crippen LogP contribution in [0.15, 0.2) is 36.5 Å². The summed E-state index contributed by atoms with van der Waals surface area (Å²) in [5.41, 5.74) is 1.91. The summed E-state index contributed by atoms with van der Waals surface area (Å²) >= 11 is 7.00. The van der Waals surface area contributed by atoms with E-state index < -0.39 is 0 Å². The minimum Gasteiger partial charge on any atom is -0.358 e. The van der Waals surface area contributed by atoms with Crippen molar-refractivity contribution in [2.45, 2.75) is 6.42 Å². The molecule has 0 spiro atoms.